The molecular weight excluding hydrogens is 403 g/mol. The Bertz CT molecular complexity index is 964. The average Bonchev–Trinajstić information content (AvgIpc) is 2.67. The van der Waals surface area contributed by atoms with Gasteiger partial charge in [-0.25, -0.2) is 12.8 Å². The van der Waals surface area contributed by atoms with Crippen LogP contribution in [0.4, 0.5) is 4.39 Å². The fraction of sp³-hybridized carbons (Fsp3) is 0.350. The summed E-state index contributed by atoms with van der Waals surface area (Å²) in [6.45, 7) is 3.11. The van der Waals surface area contributed by atoms with E-state index in [4.69, 9.17) is 11.6 Å². The molecule has 2 aromatic rings. The Morgan fingerprint density at radius 2 is 1.96 bits per heavy atom. The molecule has 1 heterocycles. The summed E-state index contributed by atoms with van der Waals surface area (Å²) in [5.74, 6) is -0.497. The van der Waals surface area contributed by atoms with Gasteiger partial charge in [0, 0.05) is 25.2 Å². The number of amides is 1. The zero-order chi connectivity index (χ0) is 20.3. The van der Waals surface area contributed by atoms with Crippen LogP contribution in [0.15, 0.2) is 47.4 Å². The summed E-state index contributed by atoms with van der Waals surface area (Å²) in [5, 5.41) is 2.80. The van der Waals surface area contributed by atoms with Crippen LogP contribution in [0.5, 0.6) is 0 Å². The molecule has 8 heteroatoms. The monoisotopic (exact) mass is 424 g/mol. The topological polar surface area (TPSA) is 66.5 Å². The molecule has 0 aliphatic carbocycles. The lowest BCUT2D eigenvalue weighted by molar-refractivity contribution is 0.0950. The molecule has 1 N–H and O–H groups in total. The van der Waals surface area contributed by atoms with E-state index >= 15 is 0 Å². The average molecular weight is 425 g/mol. The van der Waals surface area contributed by atoms with Crippen molar-refractivity contribution in [3.63, 3.8) is 0 Å². The molecule has 0 bridgehead atoms. The first-order chi connectivity index (χ1) is 13.3. The van der Waals surface area contributed by atoms with Crippen LogP contribution >= 0.6 is 11.6 Å². The molecule has 0 saturated carbocycles. The quantitative estimate of drug-likeness (QED) is 0.793. The van der Waals surface area contributed by atoms with Gasteiger partial charge >= 0.3 is 0 Å². The summed E-state index contributed by atoms with van der Waals surface area (Å²) in [4.78, 5) is 12.4. The number of benzene rings is 2. The molecular formula is C20H22ClFN2O3S. The van der Waals surface area contributed by atoms with Gasteiger partial charge in [0.25, 0.3) is 5.91 Å². The molecule has 5 nitrogen and oxygen atoms in total. The molecule has 0 aromatic heterocycles. The van der Waals surface area contributed by atoms with Gasteiger partial charge in [-0.3, -0.25) is 4.79 Å². The lowest BCUT2D eigenvalue weighted by Crippen LogP contribution is -2.39. The van der Waals surface area contributed by atoms with Crippen molar-refractivity contribution >= 4 is 27.5 Å². The first kappa shape index (κ1) is 20.8. The first-order valence-corrected chi connectivity index (χ1v) is 10.9. The Morgan fingerprint density at radius 3 is 2.64 bits per heavy atom. The van der Waals surface area contributed by atoms with Crippen LogP contribution in [0.1, 0.15) is 35.7 Å². The minimum atomic E-state index is -3.77. The largest absolute Gasteiger partial charge is 0.348 e. The van der Waals surface area contributed by atoms with Crippen molar-refractivity contribution in [2.45, 2.75) is 31.2 Å². The third kappa shape index (κ3) is 4.71. The van der Waals surface area contributed by atoms with Crippen molar-refractivity contribution in [1.82, 2.24) is 9.62 Å². The highest BCUT2D eigenvalue weighted by Crippen LogP contribution is 2.29. The lowest BCUT2D eigenvalue weighted by atomic mass is 10.0. The number of nitrogens with one attached hydrogen (secondary N) is 1. The number of carbonyl (C=O) groups is 1. The van der Waals surface area contributed by atoms with E-state index in [-0.39, 0.29) is 33.8 Å². The fourth-order valence-electron chi connectivity index (χ4n) is 3.23. The van der Waals surface area contributed by atoms with Crippen LogP contribution in [-0.2, 0) is 16.6 Å². The van der Waals surface area contributed by atoms with Gasteiger partial charge in [0.2, 0.25) is 10.0 Å². The van der Waals surface area contributed by atoms with Crippen LogP contribution in [0.25, 0.3) is 0 Å². The summed E-state index contributed by atoms with van der Waals surface area (Å²) >= 11 is 6.16. The number of rotatable bonds is 5. The van der Waals surface area contributed by atoms with E-state index in [0.29, 0.717) is 13.1 Å². The summed E-state index contributed by atoms with van der Waals surface area (Å²) in [6, 6.07) is 10.0. The lowest BCUT2D eigenvalue weighted by Gasteiger charge is -2.30. The predicted molar refractivity (Wildman–Crippen MR) is 106 cm³/mol. The van der Waals surface area contributed by atoms with E-state index in [1.807, 2.05) is 6.92 Å². The van der Waals surface area contributed by atoms with Crippen molar-refractivity contribution in [3.05, 3.63) is 64.4 Å². The van der Waals surface area contributed by atoms with E-state index in [1.54, 1.807) is 12.1 Å². The molecule has 0 spiro atoms. The molecule has 1 aliphatic rings. The molecule has 3 rings (SSSR count). The van der Waals surface area contributed by atoms with Gasteiger partial charge in [-0.1, -0.05) is 30.7 Å². The Kier molecular flexibility index (Phi) is 6.37. The van der Waals surface area contributed by atoms with Gasteiger partial charge in [-0.15, -0.1) is 0 Å². The first-order valence-electron chi connectivity index (χ1n) is 9.09. The Labute approximate surface area is 169 Å². The molecule has 1 aliphatic heterocycles. The molecule has 1 amide bonds. The molecule has 1 saturated heterocycles. The highest BCUT2D eigenvalue weighted by atomic mass is 35.5. The van der Waals surface area contributed by atoms with E-state index in [1.165, 1.54) is 34.6 Å². The third-order valence-electron chi connectivity index (χ3n) is 4.80. The van der Waals surface area contributed by atoms with E-state index in [2.05, 4.69) is 5.32 Å². The van der Waals surface area contributed by atoms with Crippen LogP contribution in [0.3, 0.4) is 0 Å². The molecule has 0 radical (unpaired) electrons. The molecule has 2 aromatic carbocycles. The predicted octanol–water partition coefficient (Wildman–Crippen LogP) is 3.83. The van der Waals surface area contributed by atoms with Gasteiger partial charge in [-0.2, -0.15) is 4.31 Å². The summed E-state index contributed by atoms with van der Waals surface area (Å²) in [6.07, 6.45) is 1.79. The van der Waals surface area contributed by atoms with E-state index < -0.39 is 15.9 Å². The summed E-state index contributed by atoms with van der Waals surface area (Å²) < 4.78 is 40.4. The van der Waals surface area contributed by atoms with Crippen LogP contribution in [-0.4, -0.2) is 31.7 Å². The van der Waals surface area contributed by atoms with Crippen molar-refractivity contribution in [3.8, 4) is 0 Å². The summed E-state index contributed by atoms with van der Waals surface area (Å²) in [5.41, 5.74) is 0.939. The summed E-state index contributed by atoms with van der Waals surface area (Å²) in [7, 11) is -3.77. The Morgan fingerprint density at radius 1 is 1.25 bits per heavy atom. The number of piperidine rings is 1. The Hall–Kier alpha value is -1.96. The van der Waals surface area contributed by atoms with Gasteiger partial charge in [-0.05, 0) is 54.7 Å². The van der Waals surface area contributed by atoms with E-state index in [9.17, 15) is 17.6 Å². The maximum atomic E-state index is 13.0. The number of hydrogen-bond donors (Lipinski definition) is 1. The second-order valence-corrected chi connectivity index (χ2v) is 9.38. The van der Waals surface area contributed by atoms with Crippen molar-refractivity contribution < 1.29 is 17.6 Å². The minimum absolute atomic E-state index is 0.0577. The maximum Gasteiger partial charge on any atom is 0.251 e. The molecule has 28 heavy (non-hydrogen) atoms. The second-order valence-electron chi connectivity index (χ2n) is 7.06. The maximum absolute atomic E-state index is 13.0. The van der Waals surface area contributed by atoms with Gasteiger partial charge < -0.3 is 5.32 Å². The minimum Gasteiger partial charge on any atom is -0.348 e. The standard InChI is InChI=1S/C20H22ClFN2O3S/c1-14-3-2-10-24(13-14)28(26,27)19-11-16(6-9-18(19)21)20(25)23-12-15-4-7-17(22)8-5-15/h4-9,11,14H,2-3,10,12-13H2,1H3,(H,23,25)/t14-/m1/s1. The number of hydrogen-bond acceptors (Lipinski definition) is 3. The Balaban J connectivity index is 1.78. The number of halogens is 2. The van der Waals surface area contributed by atoms with Gasteiger partial charge in [0.15, 0.2) is 0 Å². The molecule has 1 atom stereocenters. The zero-order valence-electron chi connectivity index (χ0n) is 15.5. The van der Waals surface area contributed by atoms with Crippen LogP contribution in [0, 0.1) is 11.7 Å². The second kappa shape index (κ2) is 8.59. The highest BCUT2D eigenvalue weighted by molar-refractivity contribution is 7.89. The molecule has 0 unspecified atom stereocenters. The third-order valence-corrected chi connectivity index (χ3v) is 7.14. The van der Waals surface area contributed by atoms with Crippen LogP contribution < -0.4 is 5.32 Å². The molecule has 150 valence electrons. The van der Waals surface area contributed by atoms with Crippen molar-refractivity contribution in [1.29, 1.82) is 0 Å². The molecule has 1 fully saturated rings. The number of carbonyl (C=O) groups excluding carboxylic acids is 1. The normalized spacial score (nSPS) is 18.0. The number of nitrogens with zero attached hydrogens (tertiary/aromatic N) is 1. The van der Waals surface area contributed by atoms with E-state index in [0.717, 1.165) is 18.4 Å². The number of sulfonamides is 1. The smallest absolute Gasteiger partial charge is 0.251 e. The zero-order valence-corrected chi connectivity index (χ0v) is 17.1. The van der Waals surface area contributed by atoms with Crippen molar-refractivity contribution in [2.75, 3.05) is 13.1 Å². The van der Waals surface area contributed by atoms with Crippen LogP contribution in [0.2, 0.25) is 5.02 Å². The van der Waals surface area contributed by atoms with Gasteiger partial charge in [0.1, 0.15) is 10.7 Å². The SMILES string of the molecule is C[C@@H]1CCCN(S(=O)(=O)c2cc(C(=O)NCc3ccc(F)cc3)ccc2Cl)C1. The highest BCUT2D eigenvalue weighted by Gasteiger charge is 2.30. The van der Waals surface area contributed by atoms with Crippen molar-refractivity contribution in [2.24, 2.45) is 5.92 Å². The van der Waals surface area contributed by atoms with Gasteiger partial charge in [0.05, 0.1) is 5.02 Å². The fourth-order valence-corrected chi connectivity index (χ4v) is 5.33.